The van der Waals surface area contributed by atoms with Gasteiger partial charge in [-0.3, -0.25) is 4.79 Å². The van der Waals surface area contributed by atoms with Crippen molar-refractivity contribution in [3.05, 3.63) is 70.3 Å². The number of nitrogens with one attached hydrogen (secondary N) is 2. The van der Waals surface area contributed by atoms with Crippen molar-refractivity contribution in [3.63, 3.8) is 0 Å². The number of hydrogen-bond acceptors (Lipinski definition) is 2. The molecular weight excluding hydrogens is 296 g/mol. The average Bonchev–Trinajstić information content (AvgIpc) is 2.94. The van der Waals surface area contributed by atoms with E-state index in [1.165, 1.54) is 16.7 Å². The first-order valence-electron chi connectivity index (χ1n) is 7.34. The van der Waals surface area contributed by atoms with Crippen molar-refractivity contribution in [2.75, 3.05) is 0 Å². The van der Waals surface area contributed by atoms with E-state index < -0.39 is 0 Å². The predicted octanol–water partition coefficient (Wildman–Crippen LogP) is 3.51. The van der Waals surface area contributed by atoms with Gasteiger partial charge in [0.1, 0.15) is 0 Å². The second-order valence-electron chi connectivity index (χ2n) is 5.64. The van der Waals surface area contributed by atoms with Gasteiger partial charge in [-0.25, -0.2) is 0 Å². The van der Waals surface area contributed by atoms with Gasteiger partial charge in [0.25, 0.3) is 5.91 Å². The molecule has 2 N–H and O–H groups in total. The van der Waals surface area contributed by atoms with Gasteiger partial charge in [-0.15, -0.1) is 12.4 Å². The lowest BCUT2D eigenvalue weighted by molar-refractivity contribution is 0.0939. The lowest BCUT2D eigenvalue weighted by Crippen LogP contribution is -2.27. The summed E-state index contributed by atoms with van der Waals surface area (Å²) >= 11 is 0. The molecule has 0 saturated heterocycles. The second-order valence-corrected chi connectivity index (χ2v) is 5.64. The monoisotopic (exact) mass is 316 g/mol. The predicted molar refractivity (Wildman–Crippen MR) is 91.3 cm³/mol. The van der Waals surface area contributed by atoms with E-state index in [0.29, 0.717) is 0 Å². The molecule has 0 bridgehead atoms. The fourth-order valence-corrected chi connectivity index (χ4v) is 2.87. The molecule has 0 aromatic heterocycles. The maximum atomic E-state index is 12.4. The van der Waals surface area contributed by atoms with E-state index in [0.717, 1.165) is 24.2 Å². The first-order chi connectivity index (χ1) is 10.1. The summed E-state index contributed by atoms with van der Waals surface area (Å²) in [6.45, 7) is 5.84. The maximum Gasteiger partial charge on any atom is 0.251 e. The number of benzene rings is 2. The molecule has 1 amide bonds. The number of fused-ring (bicyclic) bond motifs is 1. The van der Waals surface area contributed by atoms with Gasteiger partial charge in [-0.2, -0.15) is 0 Å². The number of amides is 1. The highest BCUT2D eigenvalue weighted by Crippen LogP contribution is 2.19. The average molecular weight is 317 g/mol. The number of hydrogen-bond donors (Lipinski definition) is 2. The summed E-state index contributed by atoms with van der Waals surface area (Å²) in [5.41, 5.74) is 5.61. The van der Waals surface area contributed by atoms with Gasteiger partial charge in [-0.05, 0) is 48.2 Å². The molecule has 1 heterocycles. The van der Waals surface area contributed by atoms with Crippen LogP contribution in [0.15, 0.2) is 42.5 Å². The fraction of sp³-hybridized carbons (Fsp3) is 0.278. The van der Waals surface area contributed by atoms with Crippen molar-refractivity contribution in [1.29, 1.82) is 0 Å². The molecule has 1 unspecified atom stereocenters. The summed E-state index contributed by atoms with van der Waals surface area (Å²) < 4.78 is 0. The largest absolute Gasteiger partial charge is 0.346 e. The molecule has 4 heteroatoms. The molecule has 2 aromatic rings. The van der Waals surface area contributed by atoms with Crippen molar-refractivity contribution in [2.45, 2.75) is 33.0 Å². The number of aryl methyl sites for hydroxylation is 1. The number of rotatable bonds is 3. The molecule has 1 aliphatic rings. The third kappa shape index (κ3) is 3.32. The zero-order valence-corrected chi connectivity index (χ0v) is 13.7. The number of halogens is 1. The van der Waals surface area contributed by atoms with E-state index in [9.17, 15) is 4.79 Å². The first kappa shape index (κ1) is 16.5. The lowest BCUT2D eigenvalue weighted by atomic mass is 10.0. The molecule has 0 fully saturated rings. The summed E-state index contributed by atoms with van der Waals surface area (Å²) in [6.07, 6.45) is 0. The van der Waals surface area contributed by atoms with Gasteiger partial charge < -0.3 is 10.6 Å². The molecule has 22 heavy (non-hydrogen) atoms. The van der Waals surface area contributed by atoms with Gasteiger partial charge in [0.2, 0.25) is 0 Å². The number of carbonyl (C=O) groups is 1. The Kier molecular flexibility index (Phi) is 5.22. The molecular formula is C18H21ClN2O. The Labute approximate surface area is 137 Å². The molecule has 2 aromatic carbocycles. The van der Waals surface area contributed by atoms with Crippen molar-refractivity contribution < 1.29 is 4.79 Å². The van der Waals surface area contributed by atoms with Crippen LogP contribution in [-0.2, 0) is 13.1 Å². The molecule has 0 aliphatic carbocycles. The van der Waals surface area contributed by atoms with E-state index in [2.05, 4.69) is 29.7 Å². The fourth-order valence-electron chi connectivity index (χ4n) is 2.87. The molecule has 3 rings (SSSR count). The normalized spacial score (nSPS) is 13.9. The van der Waals surface area contributed by atoms with Gasteiger partial charge >= 0.3 is 0 Å². The van der Waals surface area contributed by atoms with Crippen LogP contribution in [0.3, 0.4) is 0 Å². The van der Waals surface area contributed by atoms with Crippen LogP contribution in [0.4, 0.5) is 0 Å². The summed E-state index contributed by atoms with van der Waals surface area (Å²) in [5, 5.41) is 6.38. The van der Waals surface area contributed by atoms with Crippen LogP contribution in [0.5, 0.6) is 0 Å². The van der Waals surface area contributed by atoms with Crippen molar-refractivity contribution >= 4 is 18.3 Å². The quantitative estimate of drug-likeness (QED) is 0.910. The molecule has 0 saturated carbocycles. The lowest BCUT2D eigenvalue weighted by Gasteiger charge is -2.17. The van der Waals surface area contributed by atoms with Crippen LogP contribution in [0.25, 0.3) is 0 Å². The van der Waals surface area contributed by atoms with Crippen molar-refractivity contribution in [2.24, 2.45) is 0 Å². The van der Waals surface area contributed by atoms with E-state index in [1.807, 2.05) is 37.3 Å². The zero-order valence-electron chi connectivity index (χ0n) is 12.8. The van der Waals surface area contributed by atoms with Gasteiger partial charge in [0.05, 0.1) is 6.04 Å². The van der Waals surface area contributed by atoms with Crippen molar-refractivity contribution in [3.8, 4) is 0 Å². The SMILES string of the molecule is Cc1ccccc1C(C)NC(=O)c1ccc2c(c1)CNC2.Cl. The summed E-state index contributed by atoms with van der Waals surface area (Å²) in [6, 6.07) is 14.1. The van der Waals surface area contributed by atoms with E-state index in [1.54, 1.807) is 0 Å². The van der Waals surface area contributed by atoms with E-state index in [4.69, 9.17) is 0 Å². The molecule has 1 aliphatic heterocycles. The molecule has 0 radical (unpaired) electrons. The Morgan fingerprint density at radius 3 is 2.64 bits per heavy atom. The van der Waals surface area contributed by atoms with Crippen LogP contribution < -0.4 is 10.6 Å². The smallest absolute Gasteiger partial charge is 0.251 e. The Bertz CT molecular complexity index is 685. The van der Waals surface area contributed by atoms with E-state index in [-0.39, 0.29) is 24.4 Å². The highest BCUT2D eigenvalue weighted by molar-refractivity contribution is 5.94. The van der Waals surface area contributed by atoms with Crippen LogP contribution in [0, 0.1) is 6.92 Å². The molecule has 116 valence electrons. The van der Waals surface area contributed by atoms with Crippen LogP contribution in [0.1, 0.15) is 45.6 Å². The Balaban J connectivity index is 0.00000176. The highest BCUT2D eigenvalue weighted by Gasteiger charge is 2.16. The molecule has 3 nitrogen and oxygen atoms in total. The maximum absolute atomic E-state index is 12.4. The Hall–Kier alpha value is -1.84. The van der Waals surface area contributed by atoms with Crippen LogP contribution >= 0.6 is 12.4 Å². The van der Waals surface area contributed by atoms with Crippen LogP contribution in [0.2, 0.25) is 0 Å². The summed E-state index contributed by atoms with van der Waals surface area (Å²) in [4.78, 5) is 12.4. The van der Waals surface area contributed by atoms with Gasteiger partial charge in [-0.1, -0.05) is 30.3 Å². The summed E-state index contributed by atoms with van der Waals surface area (Å²) in [5.74, 6) is -0.0135. The summed E-state index contributed by atoms with van der Waals surface area (Å²) in [7, 11) is 0. The highest BCUT2D eigenvalue weighted by atomic mass is 35.5. The minimum atomic E-state index is -0.0135. The molecule has 1 atom stereocenters. The first-order valence-corrected chi connectivity index (χ1v) is 7.34. The minimum absolute atomic E-state index is 0. The van der Waals surface area contributed by atoms with Crippen LogP contribution in [-0.4, -0.2) is 5.91 Å². The van der Waals surface area contributed by atoms with Crippen molar-refractivity contribution in [1.82, 2.24) is 10.6 Å². The third-order valence-corrected chi connectivity index (χ3v) is 4.10. The standard InChI is InChI=1S/C18H20N2O.ClH/c1-12-5-3-4-6-17(12)13(2)20-18(21)14-7-8-15-10-19-11-16(15)9-14;/h3-9,13,19H,10-11H2,1-2H3,(H,20,21);1H. The minimum Gasteiger partial charge on any atom is -0.346 e. The Morgan fingerprint density at radius 2 is 1.86 bits per heavy atom. The van der Waals surface area contributed by atoms with E-state index >= 15 is 0 Å². The zero-order chi connectivity index (χ0) is 14.8. The van der Waals surface area contributed by atoms with Gasteiger partial charge in [0, 0.05) is 18.7 Å². The Morgan fingerprint density at radius 1 is 1.14 bits per heavy atom. The number of carbonyl (C=O) groups excluding carboxylic acids is 1. The van der Waals surface area contributed by atoms with Gasteiger partial charge in [0.15, 0.2) is 0 Å². The second kappa shape index (κ2) is 6.95. The third-order valence-electron chi connectivity index (χ3n) is 4.10. The molecule has 0 spiro atoms. The topological polar surface area (TPSA) is 41.1 Å².